The lowest BCUT2D eigenvalue weighted by Crippen LogP contribution is -2.22. The van der Waals surface area contributed by atoms with Gasteiger partial charge in [-0.3, -0.25) is 4.98 Å². The van der Waals surface area contributed by atoms with Gasteiger partial charge >= 0.3 is 0 Å². The maximum Gasteiger partial charge on any atom is 0.166 e. The Hall–Kier alpha value is -2.07. The van der Waals surface area contributed by atoms with Gasteiger partial charge in [0.2, 0.25) is 0 Å². The highest BCUT2D eigenvalue weighted by Gasteiger charge is 2.22. The van der Waals surface area contributed by atoms with Crippen LogP contribution >= 0.6 is 0 Å². The van der Waals surface area contributed by atoms with Crippen LogP contribution in [0.4, 0.5) is 0 Å². The molecule has 1 unspecified atom stereocenters. The van der Waals surface area contributed by atoms with Crippen LogP contribution in [0.15, 0.2) is 36.7 Å². The Kier molecular flexibility index (Phi) is 3.56. The van der Waals surface area contributed by atoms with E-state index in [4.69, 9.17) is 9.47 Å². The maximum absolute atomic E-state index is 5.80. The number of para-hydroxylation sites is 1. The lowest BCUT2D eigenvalue weighted by molar-refractivity contribution is 0.169. The molecular formula is C16H18N2O2. The number of benzene rings is 1. The van der Waals surface area contributed by atoms with Crippen LogP contribution in [0.5, 0.6) is 11.5 Å². The SMILES string of the molecule is CNC(c1cncc(C)c1)c1cccc2c1OCCO2. The zero-order valence-electron chi connectivity index (χ0n) is 11.7. The van der Waals surface area contributed by atoms with Crippen molar-refractivity contribution in [1.29, 1.82) is 0 Å². The molecule has 1 atom stereocenters. The molecule has 2 heterocycles. The Balaban J connectivity index is 2.06. The van der Waals surface area contributed by atoms with E-state index in [-0.39, 0.29) is 6.04 Å². The van der Waals surface area contributed by atoms with E-state index in [0.717, 1.165) is 28.2 Å². The van der Waals surface area contributed by atoms with Crippen LogP contribution in [0, 0.1) is 6.92 Å². The van der Waals surface area contributed by atoms with Gasteiger partial charge in [-0.25, -0.2) is 0 Å². The second-order valence-corrected chi connectivity index (χ2v) is 4.89. The van der Waals surface area contributed by atoms with E-state index in [1.807, 2.05) is 38.5 Å². The number of ether oxygens (including phenoxy) is 2. The summed E-state index contributed by atoms with van der Waals surface area (Å²) in [6, 6.07) is 8.18. The monoisotopic (exact) mass is 270 g/mol. The third-order valence-electron chi connectivity index (χ3n) is 3.43. The van der Waals surface area contributed by atoms with Gasteiger partial charge in [0.25, 0.3) is 0 Å². The highest BCUT2D eigenvalue weighted by molar-refractivity contribution is 5.51. The minimum absolute atomic E-state index is 0.0408. The Morgan fingerprint density at radius 1 is 1.20 bits per heavy atom. The van der Waals surface area contributed by atoms with Crippen LogP contribution in [0.3, 0.4) is 0 Å². The first-order valence-electron chi connectivity index (χ1n) is 6.77. The minimum Gasteiger partial charge on any atom is -0.486 e. The maximum atomic E-state index is 5.80. The van der Waals surface area contributed by atoms with Crippen molar-refractivity contribution in [1.82, 2.24) is 10.3 Å². The molecule has 1 aromatic heterocycles. The van der Waals surface area contributed by atoms with Crippen molar-refractivity contribution in [3.8, 4) is 11.5 Å². The van der Waals surface area contributed by atoms with Crippen molar-refractivity contribution in [2.45, 2.75) is 13.0 Å². The van der Waals surface area contributed by atoms with E-state index in [0.29, 0.717) is 13.2 Å². The first kappa shape index (κ1) is 12.9. The summed E-state index contributed by atoms with van der Waals surface area (Å²) in [5.41, 5.74) is 3.34. The van der Waals surface area contributed by atoms with Crippen molar-refractivity contribution in [2.24, 2.45) is 0 Å². The predicted molar refractivity (Wildman–Crippen MR) is 77.3 cm³/mol. The summed E-state index contributed by atoms with van der Waals surface area (Å²) in [6.45, 7) is 3.24. The number of hydrogen-bond acceptors (Lipinski definition) is 4. The topological polar surface area (TPSA) is 43.4 Å². The molecule has 0 saturated carbocycles. The number of nitrogens with one attached hydrogen (secondary N) is 1. The van der Waals surface area contributed by atoms with Crippen LogP contribution < -0.4 is 14.8 Å². The molecule has 4 heteroatoms. The molecular weight excluding hydrogens is 252 g/mol. The summed E-state index contributed by atoms with van der Waals surface area (Å²) in [6.07, 6.45) is 3.74. The molecule has 1 aromatic carbocycles. The average molecular weight is 270 g/mol. The molecule has 0 fully saturated rings. The molecule has 0 spiro atoms. The van der Waals surface area contributed by atoms with Crippen molar-refractivity contribution >= 4 is 0 Å². The fourth-order valence-electron chi connectivity index (χ4n) is 2.56. The molecule has 1 aliphatic rings. The van der Waals surface area contributed by atoms with Gasteiger partial charge in [-0.2, -0.15) is 0 Å². The van der Waals surface area contributed by atoms with Gasteiger partial charge < -0.3 is 14.8 Å². The molecule has 1 N–H and O–H groups in total. The van der Waals surface area contributed by atoms with Gasteiger partial charge in [0.15, 0.2) is 11.5 Å². The lowest BCUT2D eigenvalue weighted by atomic mass is 9.98. The van der Waals surface area contributed by atoms with Crippen molar-refractivity contribution in [2.75, 3.05) is 20.3 Å². The first-order chi connectivity index (χ1) is 9.79. The van der Waals surface area contributed by atoms with Gasteiger partial charge in [0.1, 0.15) is 13.2 Å². The third kappa shape index (κ3) is 2.34. The highest BCUT2D eigenvalue weighted by Crippen LogP contribution is 2.38. The van der Waals surface area contributed by atoms with Crippen LogP contribution in [0.25, 0.3) is 0 Å². The molecule has 0 amide bonds. The Morgan fingerprint density at radius 3 is 2.85 bits per heavy atom. The average Bonchev–Trinajstić information content (AvgIpc) is 2.48. The molecule has 3 rings (SSSR count). The smallest absolute Gasteiger partial charge is 0.166 e. The van der Waals surface area contributed by atoms with Gasteiger partial charge in [0.05, 0.1) is 6.04 Å². The number of fused-ring (bicyclic) bond motifs is 1. The second-order valence-electron chi connectivity index (χ2n) is 4.89. The fraction of sp³-hybridized carbons (Fsp3) is 0.312. The summed E-state index contributed by atoms with van der Waals surface area (Å²) in [5, 5.41) is 3.34. The Bertz CT molecular complexity index is 613. The van der Waals surface area contributed by atoms with Gasteiger partial charge in [-0.05, 0) is 31.2 Å². The largest absolute Gasteiger partial charge is 0.486 e. The van der Waals surface area contributed by atoms with Gasteiger partial charge in [0, 0.05) is 18.0 Å². The minimum atomic E-state index is 0.0408. The zero-order valence-corrected chi connectivity index (χ0v) is 11.7. The molecule has 4 nitrogen and oxygen atoms in total. The predicted octanol–water partition coefficient (Wildman–Crippen LogP) is 2.47. The van der Waals surface area contributed by atoms with Crippen molar-refractivity contribution in [3.05, 3.63) is 53.3 Å². The fourth-order valence-corrected chi connectivity index (χ4v) is 2.56. The number of aryl methyl sites for hydroxylation is 1. The van der Waals surface area contributed by atoms with E-state index in [9.17, 15) is 0 Å². The normalized spacial score (nSPS) is 14.9. The molecule has 0 radical (unpaired) electrons. The standard InChI is InChI=1S/C16H18N2O2/c1-11-8-12(10-18-9-11)15(17-2)13-4-3-5-14-16(13)20-7-6-19-14/h3-5,8-10,15,17H,6-7H2,1-2H3. The van der Waals surface area contributed by atoms with E-state index in [1.54, 1.807) is 0 Å². The molecule has 2 aromatic rings. The van der Waals surface area contributed by atoms with E-state index < -0.39 is 0 Å². The van der Waals surface area contributed by atoms with E-state index in [1.165, 1.54) is 0 Å². The molecule has 0 bridgehead atoms. The summed E-state index contributed by atoms with van der Waals surface area (Å²) >= 11 is 0. The summed E-state index contributed by atoms with van der Waals surface area (Å²) in [5.74, 6) is 1.65. The Labute approximate surface area is 118 Å². The highest BCUT2D eigenvalue weighted by atomic mass is 16.6. The molecule has 20 heavy (non-hydrogen) atoms. The van der Waals surface area contributed by atoms with Crippen molar-refractivity contribution < 1.29 is 9.47 Å². The van der Waals surface area contributed by atoms with E-state index in [2.05, 4.69) is 22.4 Å². The molecule has 1 aliphatic heterocycles. The first-order valence-corrected chi connectivity index (χ1v) is 6.77. The summed E-state index contributed by atoms with van der Waals surface area (Å²) in [7, 11) is 1.94. The Morgan fingerprint density at radius 2 is 2.05 bits per heavy atom. The number of hydrogen-bond donors (Lipinski definition) is 1. The van der Waals surface area contributed by atoms with Crippen LogP contribution in [0.2, 0.25) is 0 Å². The second kappa shape index (κ2) is 5.51. The number of pyridine rings is 1. The zero-order chi connectivity index (χ0) is 13.9. The number of nitrogens with zero attached hydrogens (tertiary/aromatic N) is 1. The quantitative estimate of drug-likeness (QED) is 0.930. The molecule has 104 valence electrons. The van der Waals surface area contributed by atoms with Gasteiger partial charge in [-0.15, -0.1) is 0 Å². The van der Waals surface area contributed by atoms with Gasteiger partial charge in [-0.1, -0.05) is 18.2 Å². The van der Waals surface area contributed by atoms with Crippen LogP contribution in [-0.4, -0.2) is 25.2 Å². The van der Waals surface area contributed by atoms with E-state index >= 15 is 0 Å². The van der Waals surface area contributed by atoms with Crippen molar-refractivity contribution in [3.63, 3.8) is 0 Å². The van der Waals surface area contributed by atoms with Crippen LogP contribution in [-0.2, 0) is 0 Å². The van der Waals surface area contributed by atoms with Crippen LogP contribution in [0.1, 0.15) is 22.7 Å². The summed E-state index contributed by atoms with van der Waals surface area (Å²) in [4.78, 5) is 4.28. The molecule has 0 saturated heterocycles. The number of rotatable bonds is 3. The lowest BCUT2D eigenvalue weighted by Gasteiger charge is -2.25. The molecule has 0 aliphatic carbocycles. The summed E-state index contributed by atoms with van der Waals surface area (Å²) < 4.78 is 11.5. The number of aromatic nitrogens is 1. The third-order valence-corrected chi connectivity index (χ3v) is 3.43.